The Balaban J connectivity index is 0. The zero-order chi connectivity index (χ0) is 11.1. The second kappa shape index (κ2) is 8.68. The number of carbonyl (C=O) groups is 1. The molecule has 90 valence electrons. The van der Waals surface area contributed by atoms with Gasteiger partial charge in [0.15, 0.2) is 0 Å². The molecule has 0 aliphatic rings. The molecule has 0 radical (unpaired) electrons. The minimum absolute atomic E-state index is 0. The average molecular weight is 237 g/mol. The van der Waals surface area contributed by atoms with Gasteiger partial charge in [0, 0.05) is 18.2 Å². The molecule has 0 aliphatic carbocycles. The maximum absolute atomic E-state index is 10.3. The Labute approximate surface area is 97.6 Å². The fraction of sp³-hybridized carbons (Fsp3) is 0.800. The van der Waals surface area contributed by atoms with Crippen LogP contribution in [-0.4, -0.2) is 40.8 Å². The number of nitrogens with one attached hydrogen (secondary N) is 1. The van der Waals surface area contributed by atoms with Gasteiger partial charge in [0.05, 0.1) is 6.42 Å². The number of aliphatic carboxylic acids is 1. The van der Waals surface area contributed by atoms with E-state index in [1.807, 2.05) is 6.92 Å². The first kappa shape index (κ1) is 16.8. The van der Waals surface area contributed by atoms with Crippen molar-refractivity contribution in [3.8, 4) is 0 Å². The summed E-state index contributed by atoms with van der Waals surface area (Å²) in [6, 6.07) is 0.261. The smallest absolute Gasteiger partial charge is 0.309 e. The Morgan fingerprint density at radius 3 is 2.20 bits per heavy atom. The van der Waals surface area contributed by atoms with Crippen LogP contribution < -0.4 is 0 Å². The zero-order valence-corrected chi connectivity index (χ0v) is 10.4. The molecule has 0 aliphatic heterocycles. The van der Waals surface area contributed by atoms with Crippen LogP contribution >= 0.6 is 12.4 Å². The minimum Gasteiger partial charge on any atom is -0.481 e. The summed E-state index contributed by atoms with van der Waals surface area (Å²) < 4.78 is 0. The molecule has 0 aromatic rings. The molecular formula is C10H21ClN2O2. The first-order valence-electron chi connectivity index (χ1n) is 5.03. The van der Waals surface area contributed by atoms with Gasteiger partial charge < -0.3 is 15.4 Å². The maximum Gasteiger partial charge on any atom is 0.309 e. The molecule has 0 amide bonds. The van der Waals surface area contributed by atoms with Crippen LogP contribution in [0.1, 0.15) is 33.6 Å². The second-order valence-corrected chi connectivity index (χ2v) is 3.45. The lowest BCUT2D eigenvalue weighted by molar-refractivity contribution is -0.135. The average Bonchev–Trinajstić information content (AvgIpc) is 2.04. The summed E-state index contributed by atoms with van der Waals surface area (Å²) in [6.45, 7) is 8.06. The number of hydrogen-bond donors (Lipinski definition) is 2. The highest BCUT2D eigenvalue weighted by Crippen LogP contribution is 2.05. The summed E-state index contributed by atoms with van der Waals surface area (Å²) >= 11 is 0. The van der Waals surface area contributed by atoms with Gasteiger partial charge >= 0.3 is 5.97 Å². The van der Waals surface area contributed by atoms with E-state index in [0.717, 1.165) is 13.1 Å². The third-order valence-corrected chi connectivity index (χ3v) is 2.34. The lowest BCUT2D eigenvalue weighted by Gasteiger charge is -2.26. The monoisotopic (exact) mass is 236 g/mol. The van der Waals surface area contributed by atoms with Crippen molar-refractivity contribution < 1.29 is 9.90 Å². The molecule has 2 N–H and O–H groups in total. The SMILES string of the molecule is CCN(CC)C(C)CC(=N)CC(=O)O.Cl. The first-order valence-corrected chi connectivity index (χ1v) is 5.03. The van der Waals surface area contributed by atoms with Gasteiger partial charge in [0.2, 0.25) is 0 Å². The molecule has 0 saturated carbocycles. The predicted molar refractivity (Wildman–Crippen MR) is 64.2 cm³/mol. The molecule has 0 rings (SSSR count). The molecule has 0 spiro atoms. The van der Waals surface area contributed by atoms with Gasteiger partial charge in [-0.2, -0.15) is 0 Å². The summed E-state index contributed by atoms with van der Waals surface area (Å²) in [5, 5.41) is 16.0. The molecule has 4 nitrogen and oxygen atoms in total. The van der Waals surface area contributed by atoms with Crippen LogP contribution in [0.25, 0.3) is 0 Å². The van der Waals surface area contributed by atoms with Crippen LogP contribution in [-0.2, 0) is 4.79 Å². The Morgan fingerprint density at radius 2 is 1.87 bits per heavy atom. The molecule has 0 saturated heterocycles. The van der Waals surface area contributed by atoms with E-state index < -0.39 is 5.97 Å². The summed E-state index contributed by atoms with van der Waals surface area (Å²) in [7, 11) is 0. The van der Waals surface area contributed by atoms with E-state index in [9.17, 15) is 4.79 Å². The van der Waals surface area contributed by atoms with Gasteiger partial charge in [-0.15, -0.1) is 12.4 Å². The van der Waals surface area contributed by atoms with E-state index in [1.165, 1.54) is 0 Å². The third kappa shape index (κ3) is 7.33. The molecule has 1 atom stereocenters. The Kier molecular flexibility index (Phi) is 9.72. The van der Waals surface area contributed by atoms with Crippen molar-refractivity contribution in [3.63, 3.8) is 0 Å². The minimum atomic E-state index is -0.915. The zero-order valence-electron chi connectivity index (χ0n) is 9.62. The summed E-state index contributed by atoms with van der Waals surface area (Å²) in [4.78, 5) is 12.6. The Morgan fingerprint density at radius 1 is 1.40 bits per heavy atom. The van der Waals surface area contributed by atoms with Gasteiger partial charge in [-0.25, -0.2) is 0 Å². The number of nitrogens with zero attached hydrogens (tertiary/aromatic N) is 1. The molecule has 0 fully saturated rings. The van der Waals surface area contributed by atoms with E-state index in [2.05, 4.69) is 18.7 Å². The topological polar surface area (TPSA) is 64.4 Å². The van der Waals surface area contributed by atoms with Crippen LogP contribution in [0.5, 0.6) is 0 Å². The van der Waals surface area contributed by atoms with Crippen molar-refractivity contribution in [3.05, 3.63) is 0 Å². The number of hydrogen-bond acceptors (Lipinski definition) is 3. The molecule has 15 heavy (non-hydrogen) atoms. The summed E-state index contributed by atoms with van der Waals surface area (Å²) in [5.41, 5.74) is 0.303. The number of halogens is 1. The molecule has 0 aromatic carbocycles. The molecule has 1 unspecified atom stereocenters. The molecule has 0 aromatic heterocycles. The first-order chi connectivity index (χ1) is 6.51. The third-order valence-electron chi connectivity index (χ3n) is 2.34. The van der Waals surface area contributed by atoms with Crippen molar-refractivity contribution in [1.29, 1.82) is 5.41 Å². The van der Waals surface area contributed by atoms with Crippen molar-refractivity contribution in [1.82, 2.24) is 4.90 Å². The fourth-order valence-electron chi connectivity index (χ4n) is 1.59. The van der Waals surface area contributed by atoms with Crippen LogP contribution in [0, 0.1) is 5.41 Å². The fourth-order valence-corrected chi connectivity index (χ4v) is 1.59. The summed E-state index contributed by atoms with van der Waals surface area (Å²) in [5.74, 6) is -0.915. The van der Waals surface area contributed by atoms with Crippen LogP contribution in [0.15, 0.2) is 0 Å². The lowest BCUT2D eigenvalue weighted by Crippen LogP contribution is -2.34. The Bertz CT molecular complexity index is 206. The highest BCUT2D eigenvalue weighted by Gasteiger charge is 2.13. The number of carboxylic acids is 1. The molecule has 0 bridgehead atoms. The predicted octanol–water partition coefficient (Wildman–Crippen LogP) is 2.02. The number of carboxylic acid groups (broad SMARTS) is 1. The van der Waals surface area contributed by atoms with E-state index >= 15 is 0 Å². The second-order valence-electron chi connectivity index (χ2n) is 3.45. The summed E-state index contributed by atoms with van der Waals surface area (Å²) in [6.07, 6.45) is 0.416. The Hall–Kier alpha value is -0.610. The van der Waals surface area contributed by atoms with Gasteiger partial charge in [-0.05, 0) is 20.0 Å². The van der Waals surface area contributed by atoms with Gasteiger partial charge in [0.25, 0.3) is 0 Å². The number of rotatable bonds is 7. The molecule has 5 heteroatoms. The van der Waals surface area contributed by atoms with E-state index in [0.29, 0.717) is 12.1 Å². The standard InChI is InChI=1S/C10H20N2O2.ClH/c1-4-12(5-2)8(3)6-9(11)7-10(13)14;/h8,11H,4-7H2,1-3H3,(H,13,14);1H. The highest BCUT2D eigenvalue weighted by molar-refractivity contribution is 5.96. The lowest BCUT2D eigenvalue weighted by atomic mass is 10.1. The van der Waals surface area contributed by atoms with E-state index in [4.69, 9.17) is 10.5 Å². The van der Waals surface area contributed by atoms with Crippen molar-refractivity contribution in [2.75, 3.05) is 13.1 Å². The van der Waals surface area contributed by atoms with Crippen molar-refractivity contribution in [2.45, 2.75) is 39.7 Å². The van der Waals surface area contributed by atoms with Crippen LogP contribution in [0.2, 0.25) is 0 Å². The quantitative estimate of drug-likeness (QED) is 0.665. The maximum atomic E-state index is 10.3. The largest absolute Gasteiger partial charge is 0.481 e. The normalized spacial score (nSPS) is 12.0. The van der Waals surface area contributed by atoms with E-state index in [-0.39, 0.29) is 24.9 Å². The van der Waals surface area contributed by atoms with Gasteiger partial charge in [-0.3, -0.25) is 4.79 Å². The molecule has 0 heterocycles. The van der Waals surface area contributed by atoms with Gasteiger partial charge in [0.1, 0.15) is 0 Å². The van der Waals surface area contributed by atoms with Crippen molar-refractivity contribution in [2.24, 2.45) is 0 Å². The highest BCUT2D eigenvalue weighted by atomic mass is 35.5. The van der Waals surface area contributed by atoms with Crippen LogP contribution in [0.4, 0.5) is 0 Å². The van der Waals surface area contributed by atoms with Crippen LogP contribution in [0.3, 0.4) is 0 Å². The van der Waals surface area contributed by atoms with E-state index in [1.54, 1.807) is 0 Å². The van der Waals surface area contributed by atoms with Crippen molar-refractivity contribution >= 4 is 24.1 Å². The van der Waals surface area contributed by atoms with Gasteiger partial charge in [-0.1, -0.05) is 13.8 Å². The molecular weight excluding hydrogens is 216 g/mol.